The number of hydrogen-bond donors (Lipinski definition) is 1. The molecule has 0 aromatic rings. The molecule has 0 aromatic heterocycles. The van der Waals surface area contributed by atoms with Crippen LogP contribution < -0.4 is 5.32 Å². The van der Waals surface area contributed by atoms with Crippen LogP contribution in [0.4, 0.5) is 4.79 Å². The van der Waals surface area contributed by atoms with Gasteiger partial charge in [-0.3, -0.25) is 0 Å². The van der Waals surface area contributed by atoms with E-state index >= 15 is 0 Å². The molecule has 1 saturated heterocycles. The lowest BCUT2D eigenvalue weighted by Gasteiger charge is -2.33. The monoisotopic (exact) mass is 313 g/mol. The Labute approximate surface area is 136 Å². The Morgan fingerprint density at radius 3 is 2.59 bits per heavy atom. The third-order valence-electron chi connectivity index (χ3n) is 4.08. The van der Waals surface area contributed by atoms with Crippen molar-refractivity contribution in [3.05, 3.63) is 0 Å². The largest absolute Gasteiger partial charge is 0.444 e. The van der Waals surface area contributed by atoms with Crippen LogP contribution in [0, 0.1) is 0 Å². The lowest BCUT2D eigenvalue weighted by molar-refractivity contribution is 0.0192. The minimum absolute atomic E-state index is 0.147. The molecule has 0 bridgehead atoms. The number of likely N-dealkylation sites (N-methyl/N-ethyl adjacent to an activating group) is 1. The van der Waals surface area contributed by atoms with Crippen LogP contribution in [0.5, 0.6) is 0 Å². The predicted molar refractivity (Wildman–Crippen MR) is 91.2 cm³/mol. The smallest absolute Gasteiger partial charge is 0.410 e. The van der Waals surface area contributed by atoms with E-state index in [-0.39, 0.29) is 12.1 Å². The predicted octanol–water partition coefficient (Wildman–Crippen LogP) is 2.71. The van der Waals surface area contributed by atoms with E-state index < -0.39 is 5.60 Å². The fourth-order valence-corrected chi connectivity index (χ4v) is 2.75. The first-order chi connectivity index (χ1) is 10.2. The first-order valence-electron chi connectivity index (χ1n) is 8.61. The molecule has 0 radical (unpaired) electrons. The summed E-state index contributed by atoms with van der Waals surface area (Å²) < 4.78 is 5.48. The summed E-state index contributed by atoms with van der Waals surface area (Å²) >= 11 is 0. The van der Waals surface area contributed by atoms with Crippen molar-refractivity contribution in [2.75, 3.05) is 33.2 Å². The number of piperidine rings is 1. The Kier molecular flexibility index (Phi) is 7.63. The van der Waals surface area contributed by atoms with E-state index in [1.807, 2.05) is 34.6 Å². The third-order valence-corrected chi connectivity index (χ3v) is 4.08. The fraction of sp³-hybridized carbons (Fsp3) is 0.941. The van der Waals surface area contributed by atoms with Gasteiger partial charge < -0.3 is 19.9 Å². The van der Waals surface area contributed by atoms with Crippen LogP contribution in [0.3, 0.4) is 0 Å². The first kappa shape index (κ1) is 19.2. The summed E-state index contributed by atoms with van der Waals surface area (Å²) in [4.78, 5) is 16.4. The summed E-state index contributed by atoms with van der Waals surface area (Å²) in [6, 6.07) is 0.775. The minimum atomic E-state index is -0.442. The van der Waals surface area contributed by atoms with Gasteiger partial charge in [0.05, 0.1) is 0 Å². The summed E-state index contributed by atoms with van der Waals surface area (Å²) in [5.74, 6) is 0. The van der Waals surface area contributed by atoms with Crippen molar-refractivity contribution in [2.24, 2.45) is 0 Å². The maximum atomic E-state index is 12.2. The highest BCUT2D eigenvalue weighted by Crippen LogP contribution is 2.14. The zero-order valence-electron chi connectivity index (χ0n) is 15.3. The molecule has 1 aliphatic rings. The molecular formula is C17H35N3O2. The van der Waals surface area contributed by atoms with Gasteiger partial charge in [-0.05, 0) is 61.1 Å². The van der Waals surface area contributed by atoms with Gasteiger partial charge in [-0.1, -0.05) is 6.42 Å². The lowest BCUT2D eigenvalue weighted by atomic mass is 10.0. The second kappa shape index (κ2) is 8.73. The summed E-state index contributed by atoms with van der Waals surface area (Å²) in [5, 5.41) is 3.50. The number of ether oxygens (including phenoxy) is 1. The van der Waals surface area contributed by atoms with Crippen molar-refractivity contribution < 1.29 is 9.53 Å². The highest BCUT2D eigenvalue weighted by atomic mass is 16.6. The minimum Gasteiger partial charge on any atom is -0.444 e. The van der Waals surface area contributed by atoms with Crippen LogP contribution in [0.15, 0.2) is 0 Å². The number of hydrogen-bond acceptors (Lipinski definition) is 4. The van der Waals surface area contributed by atoms with E-state index in [2.05, 4.69) is 17.3 Å². The zero-order valence-corrected chi connectivity index (χ0v) is 15.3. The second-order valence-electron chi connectivity index (χ2n) is 7.60. The van der Waals surface area contributed by atoms with Crippen molar-refractivity contribution in [1.82, 2.24) is 15.1 Å². The van der Waals surface area contributed by atoms with Gasteiger partial charge in [0.2, 0.25) is 0 Å². The van der Waals surface area contributed by atoms with Gasteiger partial charge in [0.15, 0.2) is 0 Å². The maximum Gasteiger partial charge on any atom is 0.410 e. The molecule has 1 rings (SSSR count). The first-order valence-corrected chi connectivity index (χ1v) is 8.61. The molecule has 1 fully saturated rings. The second-order valence-corrected chi connectivity index (χ2v) is 7.60. The Morgan fingerprint density at radius 1 is 1.36 bits per heavy atom. The molecule has 5 heteroatoms. The number of nitrogens with one attached hydrogen (secondary N) is 1. The van der Waals surface area contributed by atoms with Crippen LogP contribution >= 0.6 is 0 Å². The van der Waals surface area contributed by atoms with Gasteiger partial charge in [0.1, 0.15) is 5.60 Å². The molecule has 130 valence electrons. The van der Waals surface area contributed by atoms with E-state index in [0.717, 1.165) is 13.1 Å². The highest BCUT2D eigenvalue weighted by Gasteiger charge is 2.24. The van der Waals surface area contributed by atoms with Crippen molar-refractivity contribution >= 4 is 6.09 Å². The van der Waals surface area contributed by atoms with E-state index in [9.17, 15) is 4.79 Å². The summed E-state index contributed by atoms with van der Waals surface area (Å²) in [7, 11) is 2.20. The van der Waals surface area contributed by atoms with Gasteiger partial charge in [0, 0.05) is 31.7 Å². The molecule has 1 heterocycles. The summed E-state index contributed by atoms with van der Waals surface area (Å²) in [6.07, 6.45) is 3.68. The molecular weight excluding hydrogens is 278 g/mol. The topological polar surface area (TPSA) is 44.8 Å². The van der Waals surface area contributed by atoms with E-state index in [4.69, 9.17) is 4.74 Å². The Hall–Kier alpha value is -0.810. The van der Waals surface area contributed by atoms with E-state index in [0.29, 0.717) is 12.6 Å². The van der Waals surface area contributed by atoms with Gasteiger partial charge in [-0.25, -0.2) is 4.79 Å². The SMILES string of the molecule is CC(C)N(CCNCC1CCCCN1C)C(=O)OC(C)(C)C. The van der Waals surface area contributed by atoms with Crippen molar-refractivity contribution in [3.8, 4) is 0 Å². The van der Waals surface area contributed by atoms with Crippen LogP contribution in [-0.4, -0.2) is 66.8 Å². The number of rotatable bonds is 6. The van der Waals surface area contributed by atoms with Crippen molar-refractivity contribution in [1.29, 1.82) is 0 Å². The van der Waals surface area contributed by atoms with E-state index in [1.165, 1.54) is 25.8 Å². The van der Waals surface area contributed by atoms with E-state index in [1.54, 1.807) is 4.90 Å². The maximum absolute atomic E-state index is 12.2. The third kappa shape index (κ3) is 6.97. The molecule has 1 amide bonds. The number of amides is 1. The molecule has 22 heavy (non-hydrogen) atoms. The highest BCUT2D eigenvalue weighted by molar-refractivity contribution is 5.68. The fourth-order valence-electron chi connectivity index (χ4n) is 2.75. The van der Waals surface area contributed by atoms with Crippen LogP contribution in [0.25, 0.3) is 0 Å². The van der Waals surface area contributed by atoms with Crippen molar-refractivity contribution in [3.63, 3.8) is 0 Å². The lowest BCUT2D eigenvalue weighted by Crippen LogP contribution is -2.47. The molecule has 5 nitrogen and oxygen atoms in total. The Morgan fingerprint density at radius 2 is 2.05 bits per heavy atom. The summed E-state index contributed by atoms with van der Waals surface area (Å²) in [5.41, 5.74) is -0.442. The van der Waals surface area contributed by atoms with Crippen LogP contribution in [-0.2, 0) is 4.74 Å². The number of carbonyl (C=O) groups excluding carboxylic acids is 1. The Bertz CT molecular complexity index is 339. The van der Waals surface area contributed by atoms with Gasteiger partial charge >= 0.3 is 6.09 Å². The molecule has 0 saturated carbocycles. The molecule has 1 atom stereocenters. The normalized spacial score (nSPS) is 20.2. The van der Waals surface area contributed by atoms with Crippen LogP contribution in [0.2, 0.25) is 0 Å². The average Bonchev–Trinajstić information content (AvgIpc) is 2.37. The average molecular weight is 313 g/mol. The molecule has 0 aromatic carbocycles. The standard InChI is InChI=1S/C17H35N3O2/c1-14(2)20(16(21)22-17(3,4)5)12-10-18-13-15-9-7-8-11-19(15)6/h14-15,18H,7-13H2,1-6H3. The summed E-state index contributed by atoms with van der Waals surface area (Å²) in [6.45, 7) is 13.4. The van der Waals surface area contributed by atoms with Crippen molar-refractivity contribution in [2.45, 2.75) is 71.6 Å². The van der Waals surface area contributed by atoms with Gasteiger partial charge in [-0.15, -0.1) is 0 Å². The van der Waals surface area contributed by atoms with Gasteiger partial charge in [-0.2, -0.15) is 0 Å². The molecule has 0 spiro atoms. The number of nitrogens with zero attached hydrogens (tertiary/aromatic N) is 2. The number of likely N-dealkylation sites (tertiary alicyclic amines) is 1. The quantitative estimate of drug-likeness (QED) is 0.766. The number of carbonyl (C=O) groups is 1. The van der Waals surface area contributed by atoms with Gasteiger partial charge in [0.25, 0.3) is 0 Å². The molecule has 1 aliphatic heterocycles. The Balaban J connectivity index is 2.33. The van der Waals surface area contributed by atoms with Crippen LogP contribution in [0.1, 0.15) is 53.9 Å². The zero-order chi connectivity index (χ0) is 16.8. The molecule has 1 unspecified atom stereocenters. The molecule has 0 aliphatic carbocycles. The molecule has 1 N–H and O–H groups in total.